The molecule has 0 spiro atoms. The molecule has 3 heteroatoms. The highest BCUT2D eigenvalue weighted by Crippen LogP contribution is 2.18. The Hall–Kier alpha value is -1.82. The number of nitrogen functional groups attached to an aromatic ring is 1. The minimum Gasteiger partial charge on any atom is -0.398 e. The summed E-state index contributed by atoms with van der Waals surface area (Å²) in [6, 6.07) is 5.13. The molecule has 13 heavy (non-hydrogen) atoms. The number of hydrogen-bond acceptors (Lipinski definition) is 3. The summed E-state index contributed by atoms with van der Waals surface area (Å²) in [7, 11) is 0. The van der Waals surface area contributed by atoms with E-state index in [0.29, 0.717) is 16.8 Å². The van der Waals surface area contributed by atoms with E-state index < -0.39 is 0 Å². The molecule has 0 aromatic heterocycles. The van der Waals surface area contributed by atoms with Gasteiger partial charge in [-0.3, -0.25) is 4.79 Å². The lowest BCUT2D eigenvalue weighted by atomic mass is 10.0. The Morgan fingerprint density at radius 2 is 2.15 bits per heavy atom. The van der Waals surface area contributed by atoms with Crippen molar-refractivity contribution in [1.29, 1.82) is 5.26 Å². The number of benzene rings is 1. The molecule has 0 bridgehead atoms. The number of Topliss-reactive ketones (excluding diaryl/α,β-unsaturated/α-hetero) is 1. The van der Waals surface area contributed by atoms with Gasteiger partial charge in [0.15, 0.2) is 5.78 Å². The molecular weight excluding hydrogens is 164 g/mol. The molecule has 0 aliphatic carbocycles. The van der Waals surface area contributed by atoms with E-state index in [1.165, 1.54) is 13.0 Å². The first-order valence-corrected chi connectivity index (χ1v) is 3.87. The van der Waals surface area contributed by atoms with Gasteiger partial charge in [0.1, 0.15) is 0 Å². The van der Waals surface area contributed by atoms with Gasteiger partial charge < -0.3 is 5.73 Å². The van der Waals surface area contributed by atoms with E-state index in [-0.39, 0.29) is 5.78 Å². The van der Waals surface area contributed by atoms with Crippen LogP contribution in [0.1, 0.15) is 28.4 Å². The first kappa shape index (κ1) is 9.27. The zero-order valence-corrected chi connectivity index (χ0v) is 7.59. The fraction of sp³-hybridized carbons (Fsp3) is 0.200. The molecule has 1 aromatic carbocycles. The summed E-state index contributed by atoms with van der Waals surface area (Å²) in [5.41, 5.74) is 7.75. The SMILES string of the molecule is CC(=O)c1cc(C)c(N)cc1C#N. The number of nitrogens with two attached hydrogens (primary N) is 1. The number of anilines is 1. The van der Waals surface area contributed by atoms with Crippen LogP contribution in [0.3, 0.4) is 0 Å². The summed E-state index contributed by atoms with van der Waals surface area (Å²) >= 11 is 0. The van der Waals surface area contributed by atoms with Crippen molar-refractivity contribution in [2.24, 2.45) is 0 Å². The predicted octanol–water partition coefficient (Wildman–Crippen LogP) is 1.65. The monoisotopic (exact) mass is 174 g/mol. The van der Waals surface area contributed by atoms with Crippen LogP contribution in [-0.4, -0.2) is 5.78 Å². The Balaban J connectivity index is 3.44. The van der Waals surface area contributed by atoms with Crippen LogP contribution in [0.15, 0.2) is 12.1 Å². The first-order chi connectivity index (χ1) is 6.06. The quantitative estimate of drug-likeness (QED) is 0.520. The molecule has 0 saturated heterocycles. The Morgan fingerprint density at radius 1 is 1.54 bits per heavy atom. The summed E-state index contributed by atoms with van der Waals surface area (Å²) in [6.07, 6.45) is 0. The van der Waals surface area contributed by atoms with Crippen molar-refractivity contribution in [3.63, 3.8) is 0 Å². The number of hydrogen-bond donors (Lipinski definition) is 1. The van der Waals surface area contributed by atoms with Crippen LogP contribution in [0.4, 0.5) is 5.69 Å². The number of aryl methyl sites for hydroxylation is 1. The third-order valence-electron chi connectivity index (χ3n) is 1.91. The van der Waals surface area contributed by atoms with Gasteiger partial charge in [0, 0.05) is 11.3 Å². The van der Waals surface area contributed by atoms with Gasteiger partial charge in [-0.1, -0.05) is 0 Å². The van der Waals surface area contributed by atoms with E-state index >= 15 is 0 Å². The van der Waals surface area contributed by atoms with Crippen molar-refractivity contribution in [2.75, 3.05) is 5.73 Å². The molecule has 0 amide bonds. The molecule has 0 radical (unpaired) electrons. The van der Waals surface area contributed by atoms with E-state index in [1.54, 1.807) is 6.07 Å². The van der Waals surface area contributed by atoms with Crippen molar-refractivity contribution >= 4 is 11.5 Å². The standard InChI is InChI=1S/C10H10N2O/c1-6-3-9(7(2)13)8(5-11)4-10(6)12/h3-4H,12H2,1-2H3. The number of ketones is 1. The lowest BCUT2D eigenvalue weighted by Gasteiger charge is -2.04. The lowest BCUT2D eigenvalue weighted by Crippen LogP contribution is -2.00. The largest absolute Gasteiger partial charge is 0.398 e. The van der Waals surface area contributed by atoms with Gasteiger partial charge in [-0.2, -0.15) is 5.26 Å². The van der Waals surface area contributed by atoms with Crippen LogP contribution in [0, 0.1) is 18.3 Å². The predicted molar refractivity (Wildman–Crippen MR) is 50.3 cm³/mol. The van der Waals surface area contributed by atoms with Gasteiger partial charge in [0.05, 0.1) is 11.6 Å². The highest BCUT2D eigenvalue weighted by molar-refractivity contribution is 5.97. The Kier molecular flexibility index (Phi) is 2.34. The maximum atomic E-state index is 11.1. The second kappa shape index (κ2) is 3.28. The summed E-state index contributed by atoms with van der Waals surface area (Å²) in [5, 5.41) is 8.72. The molecule has 0 atom stereocenters. The van der Waals surface area contributed by atoms with E-state index in [0.717, 1.165) is 5.56 Å². The van der Waals surface area contributed by atoms with Crippen LogP contribution in [0.5, 0.6) is 0 Å². The van der Waals surface area contributed by atoms with Crippen LogP contribution in [0.25, 0.3) is 0 Å². The number of carbonyl (C=O) groups is 1. The highest BCUT2D eigenvalue weighted by Gasteiger charge is 2.08. The fourth-order valence-corrected chi connectivity index (χ4v) is 1.11. The molecule has 3 nitrogen and oxygen atoms in total. The number of rotatable bonds is 1. The molecule has 66 valence electrons. The van der Waals surface area contributed by atoms with Crippen molar-refractivity contribution in [2.45, 2.75) is 13.8 Å². The number of carbonyl (C=O) groups excluding carboxylic acids is 1. The molecule has 0 saturated carbocycles. The van der Waals surface area contributed by atoms with Crippen LogP contribution < -0.4 is 5.73 Å². The van der Waals surface area contributed by atoms with Crippen molar-refractivity contribution in [1.82, 2.24) is 0 Å². The summed E-state index contributed by atoms with van der Waals surface area (Å²) in [4.78, 5) is 11.1. The van der Waals surface area contributed by atoms with Crippen molar-refractivity contribution in [3.05, 3.63) is 28.8 Å². The Bertz CT molecular complexity index is 402. The fourth-order valence-electron chi connectivity index (χ4n) is 1.11. The summed E-state index contributed by atoms with van der Waals surface area (Å²) in [6.45, 7) is 3.24. The Labute approximate surface area is 76.8 Å². The molecular formula is C10H10N2O. The molecule has 1 aromatic rings. The second-order valence-corrected chi connectivity index (χ2v) is 2.92. The number of nitriles is 1. The van der Waals surface area contributed by atoms with Gasteiger partial charge >= 0.3 is 0 Å². The van der Waals surface area contributed by atoms with E-state index in [4.69, 9.17) is 11.0 Å². The molecule has 0 fully saturated rings. The van der Waals surface area contributed by atoms with Gasteiger partial charge in [-0.25, -0.2) is 0 Å². The molecule has 0 aliphatic rings. The zero-order chi connectivity index (χ0) is 10.0. The maximum Gasteiger partial charge on any atom is 0.161 e. The highest BCUT2D eigenvalue weighted by atomic mass is 16.1. The number of nitrogens with zero attached hydrogens (tertiary/aromatic N) is 1. The van der Waals surface area contributed by atoms with E-state index in [9.17, 15) is 4.79 Å². The molecule has 1 rings (SSSR count). The van der Waals surface area contributed by atoms with Crippen LogP contribution in [-0.2, 0) is 0 Å². The van der Waals surface area contributed by atoms with Gasteiger partial charge in [-0.15, -0.1) is 0 Å². The normalized spacial score (nSPS) is 9.31. The minimum atomic E-state index is -0.111. The maximum absolute atomic E-state index is 11.1. The first-order valence-electron chi connectivity index (χ1n) is 3.87. The molecule has 0 aliphatic heterocycles. The Morgan fingerprint density at radius 3 is 2.62 bits per heavy atom. The second-order valence-electron chi connectivity index (χ2n) is 2.92. The average Bonchev–Trinajstić information content (AvgIpc) is 2.08. The third kappa shape index (κ3) is 1.67. The van der Waals surface area contributed by atoms with Crippen LogP contribution in [0.2, 0.25) is 0 Å². The topological polar surface area (TPSA) is 66.9 Å². The average molecular weight is 174 g/mol. The van der Waals surface area contributed by atoms with E-state index in [2.05, 4.69) is 0 Å². The van der Waals surface area contributed by atoms with E-state index in [1.807, 2.05) is 13.0 Å². The summed E-state index contributed by atoms with van der Waals surface area (Å²) < 4.78 is 0. The lowest BCUT2D eigenvalue weighted by molar-refractivity contribution is 0.101. The summed E-state index contributed by atoms with van der Waals surface area (Å²) in [5.74, 6) is -0.111. The minimum absolute atomic E-state index is 0.111. The van der Waals surface area contributed by atoms with Gasteiger partial charge in [-0.05, 0) is 31.5 Å². The van der Waals surface area contributed by atoms with Crippen molar-refractivity contribution in [3.8, 4) is 6.07 Å². The molecule has 0 heterocycles. The van der Waals surface area contributed by atoms with Crippen LogP contribution >= 0.6 is 0 Å². The zero-order valence-electron chi connectivity index (χ0n) is 7.59. The molecule has 0 unspecified atom stereocenters. The smallest absolute Gasteiger partial charge is 0.161 e. The molecule has 2 N–H and O–H groups in total. The van der Waals surface area contributed by atoms with Gasteiger partial charge in [0.25, 0.3) is 0 Å². The third-order valence-corrected chi connectivity index (χ3v) is 1.91. The van der Waals surface area contributed by atoms with Gasteiger partial charge in [0.2, 0.25) is 0 Å². The van der Waals surface area contributed by atoms with Crippen molar-refractivity contribution < 1.29 is 4.79 Å².